The second-order valence-electron chi connectivity index (χ2n) is 6.17. The molecule has 1 N–H and O–H groups in total. The summed E-state index contributed by atoms with van der Waals surface area (Å²) in [6.07, 6.45) is 5.16. The summed E-state index contributed by atoms with van der Waals surface area (Å²) in [5, 5.41) is 3.14. The Kier molecular flexibility index (Phi) is 5.76. The van der Waals surface area contributed by atoms with Gasteiger partial charge in [-0.05, 0) is 43.7 Å². The van der Waals surface area contributed by atoms with Crippen molar-refractivity contribution in [2.24, 2.45) is 0 Å². The lowest BCUT2D eigenvalue weighted by atomic mass is 10.1. The largest absolute Gasteiger partial charge is 0.349 e. The molecular formula is C20H18ClFN4O. The van der Waals surface area contributed by atoms with Crippen LogP contribution >= 0.6 is 11.6 Å². The molecule has 138 valence electrons. The van der Waals surface area contributed by atoms with E-state index in [1.807, 2.05) is 26.0 Å². The minimum absolute atomic E-state index is 0.0679. The molecule has 0 unspecified atom stereocenters. The van der Waals surface area contributed by atoms with Gasteiger partial charge in [0.15, 0.2) is 5.82 Å². The van der Waals surface area contributed by atoms with Crippen molar-refractivity contribution in [2.45, 2.75) is 26.3 Å². The van der Waals surface area contributed by atoms with Crippen LogP contribution in [0.5, 0.6) is 0 Å². The Labute approximate surface area is 161 Å². The van der Waals surface area contributed by atoms with Gasteiger partial charge in [0.05, 0.1) is 12.5 Å². The minimum atomic E-state index is -0.431. The van der Waals surface area contributed by atoms with Gasteiger partial charge in [0.2, 0.25) is 5.91 Å². The molecule has 1 amide bonds. The van der Waals surface area contributed by atoms with Crippen LogP contribution < -0.4 is 5.32 Å². The van der Waals surface area contributed by atoms with E-state index in [1.54, 1.807) is 18.6 Å². The molecule has 0 spiro atoms. The molecule has 0 aliphatic rings. The van der Waals surface area contributed by atoms with E-state index in [1.165, 1.54) is 18.2 Å². The van der Waals surface area contributed by atoms with E-state index < -0.39 is 5.82 Å². The van der Waals surface area contributed by atoms with Crippen molar-refractivity contribution < 1.29 is 9.18 Å². The highest BCUT2D eigenvalue weighted by atomic mass is 35.5. The second kappa shape index (κ2) is 8.22. The van der Waals surface area contributed by atoms with Crippen LogP contribution in [0.4, 0.5) is 4.39 Å². The molecule has 0 radical (unpaired) electrons. The normalized spacial score (nSPS) is 11.9. The van der Waals surface area contributed by atoms with E-state index >= 15 is 0 Å². The molecule has 1 aromatic carbocycles. The molecule has 27 heavy (non-hydrogen) atoms. The van der Waals surface area contributed by atoms with Gasteiger partial charge in [-0.15, -0.1) is 0 Å². The fourth-order valence-corrected chi connectivity index (χ4v) is 2.98. The van der Waals surface area contributed by atoms with Gasteiger partial charge in [-0.1, -0.05) is 17.7 Å². The molecule has 0 fully saturated rings. The van der Waals surface area contributed by atoms with E-state index in [4.69, 9.17) is 11.6 Å². The number of halogens is 2. The third-order valence-electron chi connectivity index (χ3n) is 4.17. The summed E-state index contributed by atoms with van der Waals surface area (Å²) in [7, 11) is 0. The van der Waals surface area contributed by atoms with E-state index in [-0.39, 0.29) is 23.4 Å². The summed E-state index contributed by atoms with van der Waals surface area (Å²) < 4.78 is 13.1. The number of nitrogens with one attached hydrogen (secondary N) is 1. The fraction of sp³-hybridized carbons (Fsp3) is 0.200. The Morgan fingerprint density at radius 2 is 2.00 bits per heavy atom. The lowest BCUT2D eigenvalue weighted by Crippen LogP contribution is -2.29. The Bertz CT molecular complexity index is 965. The fourth-order valence-electron chi connectivity index (χ4n) is 2.75. The zero-order chi connectivity index (χ0) is 19.4. The van der Waals surface area contributed by atoms with Gasteiger partial charge in [-0.3, -0.25) is 9.78 Å². The molecule has 3 rings (SSSR count). The number of amides is 1. The quantitative estimate of drug-likeness (QED) is 0.720. The number of aryl methyl sites for hydroxylation is 1. The van der Waals surface area contributed by atoms with Crippen molar-refractivity contribution in [1.29, 1.82) is 0 Å². The predicted octanol–water partition coefficient (Wildman–Crippen LogP) is 4.06. The summed E-state index contributed by atoms with van der Waals surface area (Å²) in [6.45, 7) is 3.74. The number of hydrogen-bond acceptors (Lipinski definition) is 4. The lowest BCUT2D eigenvalue weighted by Gasteiger charge is -2.16. The number of aromatic nitrogens is 3. The van der Waals surface area contributed by atoms with Crippen LogP contribution in [0.3, 0.4) is 0 Å². The number of carbonyl (C=O) groups excluding carboxylic acids is 1. The smallest absolute Gasteiger partial charge is 0.224 e. The summed E-state index contributed by atoms with van der Waals surface area (Å²) in [5.74, 6) is -0.0384. The third kappa shape index (κ3) is 4.65. The first kappa shape index (κ1) is 18.9. The highest BCUT2D eigenvalue weighted by molar-refractivity contribution is 6.31. The second-order valence-corrected chi connectivity index (χ2v) is 6.58. The van der Waals surface area contributed by atoms with Gasteiger partial charge in [0.25, 0.3) is 0 Å². The number of pyridine rings is 1. The van der Waals surface area contributed by atoms with Crippen molar-refractivity contribution in [3.8, 4) is 11.4 Å². The van der Waals surface area contributed by atoms with Gasteiger partial charge in [-0.2, -0.15) is 0 Å². The molecule has 0 saturated heterocycles. The van der Waals surface area contributed by atoms with Crippen LogP contribution in [0.1, 0.15) is 29.8 Å². The van der Waals surface area contributed by atoms with Crippen LogP contribution in [0.25, 0.3) is 11.4 Å². The zero-order valence-corrected chi connectivity index (χ0v) is 15.7. The van der Waals surface area contributed by atoms with Gasteiger partial charge in [-0.25, -0.2) is 14.4 Å². The molecule has 0 saturated carbocycles. The van der Waals surface area contributed by atoms with Gasteiger partial charge in [0, 0.05) is 40.4 Å². The molecule has 2 aromatic heterocycles. The summed E-state index contributed by atoms with van der Waals surface area (Å²) in [6, 6.07) is 7.40. The molecule has 0 aliphatic carbocycles. The van der Waals surface area contributed by atoms with Crippen molar-refractivity contribution >= 4 is 17.5 Å². The van der Waals surface area contributed by atoms with Crippen molar-refractivity contribution in [2.75, 3.05) is 0 Å². The number of carbonyl (C=O) groups is 1. The molecule has 0 bridgehead atoms. The number of hydrogen-bond donors (Lipinski definition) is 1. The summed E-state index contributed by atoms with van der Waals surface area (Å²) in [4.78, 5) is 25.2. The van der Waals surface area contributed by atoms with E-state index in [0.717, 1.165) is 16.8 Å². The van der Waals surface area contributed by atoms with Crippen LogP contribution in [-0.4, -0.2) is 20.9 Å². The van der Waals surface area contributed by atoms with Crippen LogP contribution in [-0.2, 0) is 11.2 Å². The summed E-state index contributed by atoms with van der Waals surface area (Å²) >= 11 is 5.98. The zero-order valence-electron chi connectivity index (χ0n) is 14.9. The Morgan fingerprint density at radius 1 is 1.26 bits per heavy atom. The topological polar surface area (TPSA) is 67.8 Å². The molecule has 2 heterocycles. The molecule has 7 heteroatoms. The maximum atomic E-state index is 13.1. The number of nitrogens with zero attached hydrogens (tertiary/aromatic N) is 3. The molecule has 5 nitrogen and oxygen atoms in total. The van der Waals surface area contributed by atoms with Crippen molar-refractivity contribution in [3.63, 3.8) is 0 Å². The van der Waals surface area contributed by atoms with Crippen LogP contribution in [0.15, 0.2) is 48.9 Å². The van der Waals surface area contributed by atoms with Gasteiger partial charge >= 0.3 is 0 Å². The average molecular weight is 385 g/mol. The molecular weight excluding hydrogens is 367 g/mol. The van der Waals surface area contributed by atoms with Gasteiger partial charge in [0.1, 0.15) is 5.82 Å². The van der Waals surface area contributed by atoms with Gasteiger partial charge < -0.3 is 5.32 Å². The summed E-state index contributed by atoms with van der Waals surface area (Å²) in [5.41, 5.74) is 3.06. The Hall–Kier alpha value is -2.86. The Balaban J connectivity index is 1.70. The average Bonchev–Trinajstić information content (AvgIpc) is 2.64. The Morgan fingerprint density at radius 3 is 2.67 bits per heavy atom. The van der Waals surface area contributed by atoms with E-state index in [2.05, 4.69) is 20.3 Å². The van der Waals surface area contributed by atoms with Crippen molar-refractivity contribution in [3.05, 3.63) is 76.6 Å². The third-order valence-corrected chi connectivity index (χ3v) is 4.52. The molecule has 1 atom stereocenters. The predicted molar refractivity (Wildman–Crippen MR) is 102 cm³/mol. The SMILES string of the molecule is Cc1nc(-c2ccncc2)ncc1[C@H](C)NC(=O)Cc1ccc(F)cc1Cl. The van der Waals surface area contributed by atoms with E-state index in [9.17, 15) is 9.18 Å². The standard InChI is InChI=1S/C20H18ClFN4O/c1-12(25-19(27)9-15-3-4-16(22)10-18(15)21)17-11-24-20(26-13(17)2)14-5-7-23-8-6-14/h3-8,10-12H,9H2,1-2H3,(H,25,27)/t12-/m0/s1. The lowest BCUT2D eigenvalue weighted by molar-refractivity contribution is -0.121. The van der Waals surface area contributed by atoms with Crippen LogP contribution in [0.2, 0.25) is 5.02 Å². The highest BCUT2D eigenvalue weighted by Gasteiger charge is 2.15. The first-order chi connectivity index (χ1) is 12.9. The molecule has 3 aromatic rings. The first-order valence-corrected chi connectivity index (χ1v) is 8.79. The monoisotopic (exact) mass is 384 g/mol. The molecule has 0 aliphatic heterocycles. The first-order valence-electron chi connectivity index (χ1n) is 8.41. The maximum absolute atomic E-state index is 13.1. The highest BCUT2D eigenvalue weighted by Crippen LogP contribution is 2.21. The number of rotatable bonds is 5. The van der Waals surface area contributed by atoms with E-state index in [0.29, 0.717) is 11.4 Å². The van der Waals surface area contributed by atoms with Crippen LogP contribution in [0, 0.1) is 12.7 Å². The number of benzene rings is 1. The maximum Gasteiger partial charge on any atom is 0.224 e. The minimum Gasteiger partial charge on any atom is -0.349 e. The van der Waals surface area contributed by atoms with Crippen molar-refractivity contribution in [1.82, 2.24) is 20.3 Å².